The first kappa shape index (κ1) is 7.86. The first-order valence-corrected chi connectivity index (χ1v) is 3.26. The smallest absolute Gasteiger partial charge is 0.103 e. The highest BCUT2D eigenvalue weighted by Gasteiger charge is 2.03. The average Bonchev–Trinajstić information content (AvgIpc) is 2.04. The Morgan fingerprint density at radius 2 is 2.27 bits per heavy atom. The Morgan fingerprint density at radius 1 is 1.55 bits per heavy atom. The SMILES string of the molecule is N#Cc1c(Cl)cccc1NO. The van der Waals surface area contributed by atoms with Gasteiger partial charge in [-0.1, -0.05) is 17.7 Å². The first-order chi connectivity index (χ1) is 5.29. The Hall–Kier alpha value is -1.24. The molecular weight excluding hydrogens is 164 g/mol. The summed E-state index contributed by atoms with van der Waals surface area (Å²) in [5.74, 6) is 0. The number of halogens is 1. The monoisotopic (exact) mass is 168 g/mol. The molecule has 1 aromatic rings. The first-order valence-electron chi connectivity index (χ1n) is 2.88. The van der Waals surface area contributed by atoms with E-state index in [4.69, 9.17) is 22.1 Å². The van der Waals surface area contributed by atoms with Crippen molar-refractivity contribution in [3.63, 3.8) is 0 Å². The van der Waals surface area contributed by atoms with Crippen LogP contribution in [0, 0.1) is 11.3 Å². The molecular formula is C7H5ClN2O. The summed E-state index contributed by atoms with van der Waals surface area (Å²) in [6.07, 6.45) is 0. The number of benzene rings is 1. The largest absolute Gasteiger partial charge is 0.291 e. The van der Waals surface area contributed by atoms with Crippen LogP contribution in [-0.2, 0) is 0 Å². The van der Waals surface area contributed by atoms with Gasteiger partial charge >= 0.3 is 0 Å². The quantitative estimate of drug-likeness (QED) is 0.631. The van der Waals surface area contributed by atoms with Crippen molar-refractivity contribution in [3.8, 4) is 6.07 Å². The summed E-state index contributed by atoms with van der Waals surface area (Å²) in [7, 11) is 0. The number of nitriles is 1. The maximum atomic E-state index is 8.54. The van der Waals surface area contributed by atoms with Crippen LogP contribution in [0.3, 0.4) is 0 Å². The maximum absolute atomic E-state index is 8.54. The Balaban J connectivity index is 3.27. The third kappa shape index (κ3) is 1.43. The third-order valence-electron chi connectivity index (χ3n) is 1.25. The summed E-state index contributed by atoms with van der Waals surface area (Å²) in [4.78, 5) is 0. The fraction of sp³-hybridized carbons (Fsp3) is 0. The minimum atomic E-state index is 0.247. The summed E-state index contributed by atoms with van der Waals surface area (Å²) >= 11 is 5.63. The lowest BCUT2D eigenvalue weighted by Gasteiger charge is -2.01. The van der Waals surface area contributed by atoms with Gasteiger partial charge in [-0.15, -0.1) is 0 Å². The molecule has 0 unspecified atom stereocenters. The van der Waals surface area contributed by atoms with Crippen molar-refractivity contribution in [2.75, 3.05) is 5.48 Å². The van der Waals surface area contributed by atoms with Gasteiger partial charge in [0, 0.05) is 0 Å². The van der Waals surface area contributed by atoms with E-state index >= 15 is 0 Å². The van der Waals surface area contributed by atoms with E-state index in [2.05, 4.69) is 0 Å². The van der Waals surface area contributed by atoms with E-state index < -0.39 is 0 Å². The highest BCUT2D eigenvalue weighted by atomic mass is 35.5. The summed E-state index contributed by atoms with van der Waals surface area (Å²) in [5, 5.41) is 17.4. The predicted molar refractivity (Wildman–Crippen MR) is 41.6 cm³/mol. The highest BCUT2D eigenvalue weighted by molar-refractivity contribution is 6.32. The van der Waals surface area contributed by atoms with E-state index in [0.29, 0.717) is 10.7 Å². The average molecular weight is 169 g/mol. The molecule has 56 valence electrons. The van der Waals surface area contributed by atoms with E-state index in [9.17, 15) is 0 Å². The molecule has 0 aliphatic rings. The van der Waals surface area contributed by atoms with Gasteiger partial charge in [0.2, 0.25) is 0 Å². The molecule has 11 heavy (non-hydrogen) atoms. The van der Waals surface area contributed by atoms with Crippen molar-refractivity contribution in [1.29, 1.82) is 5.26 Å². The number of hydrogen-bond donors (Lipinski definition) is 2. The zero-order chi connectivity index (χ0) is 8.27. The van der Waals surface area contributed by atoms with Crippen LogP contribution in [0.4, 0.5) is 5.69 Å². The second-order valence-electron chi connectivity index (χ2n) is 1.89. The molecule has 0 aliphatic heterocycles. The van der Waals surface area contributed by atoms with Crippen molar-refractivity contribution >= 4 is 17.3 Å². The fourth-order valence-corrected chi connectivity index (χ4v) is 0.948. The molecule has 0 heterocycles. The van der Waals surface area contributed by atoms with Crippen LogP contribution in [0.5, 0.6) is 0 Å². The van der Waals surface area contributed by atoms with Gasteiger partial charge in [0.15, 0.2) is 0 Å². The van der Waals surface area contributed by atoms with E-state index in [-0.39, 0.29) is 5.56 Å². The summed E-state index contributed by atoms with van der Waals surface area (Å²) in [6, 6.07) is 6.65. The summed E-state index contributed by atoms with van der Waals surface area (Å²) < 4.78 is 0. The number of nitrogens with zero attached hydrogens (tertiary/aromatic N) is 1. The van der Waals surface area contributed by atoms with Crippen molar-refractivity contribution in [2.45, 2.75) is 0 Å². The number of anilines is 1. The molecule has 0 aromatic heterocycles. The maximum Gasteiger partial charge on any atom is 0.103 e. The molecule has 0 saturated carbocycles. The van der Waals surface area contributed by atoms with Crippen LogP contribution in [0.15, 0.2) is 18.2 Å². The molecule has 0 fully saturated rings. The number of rotatable bonds is 1. The fourth-order valence-electron chi connectivity index (χ4n) is 0.731. The second-order valence-corrected chi connectivity index (χ2v) is 2.29. The minimum Gasteiger partial charge on any atom is -0.291 e. The topological polar surface area (TPSA) is 56.0 Å². The Kier molecular flexibility index (Phi) is 2.32. The van der Waals surface area contributed by atoms with Crippen molar-refractivity contribution in [1.82, 2.24) is 0 Å². The summed E-state index contributed by atoms with van der Waals surface area (Å²) in [5.41, 5.74) is 2.45. The second kappa shape index (κ2) is 3.24. The van der Waals surface area contributed by atoms with E-state index in [0.717, 1.165) is 0 Å². The molecule has 0 bridgehead atoms. The van der Waals surface area contributed by atoms with Crippen LogP contribution in [-0.4, -0.2) is 5.21 Å². The lowest BCUT2D eigenvalue weighted by atomic mass is 10.2. The molecule has 0 aliphatic carbocycles. The van der Waals surface area contributed by atoms with Gasteiger partial charge in [-0.05, 0) is 12.1 Å². The Morgan fingerprint density at radius 3 is 2.73 bits per heavy atom. The third-order valence-corrected chi connectivity index (χ3v) is 1.56. The molecule has 4 heteroatoms. The van der Waals surface area contributed by atoms with Crippen LogP contribution in [0.25, 0.3) is 0 Å². The zero-order valence-electron chi connectivity index (χ0n) is 5.50. The van der Waals surface area contributed by atoms with Gasteiger partial charge in [-0.2, -0.15) is 5.26 Å². The molecule has 2 N–H and O–H groups in total. The Labute approximate surface area is 68.8 Å². The van der Waals surface area contributed by atoms with Crippen molar-refractivity contribution in [2.24, 2.45) is 0 Å². The van der Waals surface area contributed by atoms with Crippen molar-refractivity contribution < 1.29 is 5.21 Å². The highest BCUT2D eigenvalue weighted by Crippen LogP contribution is 2.22. The van der Waals surface area contributed by atoms with Crippen LogP contribution >= 0.6 is 11.6 Å². The van der Waals surface area contributed by atoms with Crippen LogP contribution < -0.4 is 5.48 Å². The molecule has 3 nitrogen and oxygen atoms in total. The van der Waals surface area contributed by atoms with Crippen LogP contribution in [0.2, 0.25) is 5.02 Å². The van der Waals surface area contributed by atoms with Gasteiger partial charge in [0.05, 0.1) is 16.3 Å². The number of nitrogens with one attached hydrogen (secondary N) is 1. The molecule has 1 aromatic carbocycles. The Bertz CT molecular complexity index is 306. The lowest BCUT2D eigenvalue weighted by molar-refractivity contribution is 0.388. The predicted octanol–water partition coefficient (Wildman–Crippen LogP) is 2.01. The molecule has 0 radical (unpaired) electrons. The standard InChI is InChI=1S/C7H5ClN2O/c8-6-2-1-3-7(10-11)5(6)4-9/h1-3,10-11H. The van der Waals surface area contributed by atoms with E-state index in [1.54, 1.807) is 18.2 Å². The summed E-state index contributed by atoms with van der Waals surface area (Å²) in [6.45, 7) is 0. The van der Waals surface area contributed by atoms with Gasteiger partial charge in [-0.25, -0.2) is 0 Å². The van der Waals surface area contributed by atoms with Gasteiger partial charge in [0.1, 0.15) is 6.07 Å². The molecule has 0 amide bonds. The molecule has 0 spiro atoms. The molecule has 0 atom stereocenters. The molecule has 1 rings (SSSR count). The van der Waals surface area contributed by atoms with Gasteiger partial charge < -0.3 is 0 Å². The lowest BCUT2D eigenvalue weighted by Crippen LogP contribution is -1.92. The normalized spacial score (nSPS) is 8.82. The molecule has 0 saturated heterocycles. The minimum absolute atomic E-state index is 0.247. The zero-order valence-corrected chi connectivity index (χ0v) is 6.26. The van der Waals surface area contributed by atoms with Gasteiger partial charge in [0.25, 0.3) is 0 Å². The van der Waals surface area contributed by atoms with Gasteiger partial charge in [-0.3, -0.25) is 10.7 Å². The van der Waals surface area contributed by atoms with Crippen molar-refractivity contribution in [3.05, 3.63) is 28.8 Å². The number of hydrogen-bond acceptors (Lipinski definition) is 3. The van der Waals surface area contributed by atoms with Crippen LogP contribution in [0.1, 0.15) is 5.56 Å². The van der Waals surface area contributed by atoms with E-state index in [1.165, 1.54) is 0 Å². The van der Waals surface area contributed by atoms with E-state index in [1.807, 2.05) is 11.5 Å².